The lowest BCUT2D eigenvalue weighted by Gasteiger charge is -2.09. The molecule has 0 unspecified atom stereocenters. The van der Waals surface area contributed by atoms with Crippen molar-refractivity contribution in [3.63, 3.8) is 0 Å². The van der Waals surface area contributed by atoms with E-state index in [1.807, 2.05) is 50.2 Å². The van der Waals surface area contributed by atoms with Crippen LogP contribution in [0, 0.1) is 24.0 Å². The van der Waals surface area contributed by atoms with Crippen molar-refractivity contribution >= 4 is 17.3 Å². The van der Waals surface area contributed by atoms with Gasteiger partial charge >= 0.3 is 0 Å². The predicted molar refractivity (Wildman–Crippen MR) is 121 cm³/mol. The summed E-state index contributed by atoms with van der Waals surface area (Å²) in [5, 5.41) is 20.9. The molecule has 0 saturated heterocycles. The van der Waals surface area contributed by atoms with Crippen LogP contribution in [0.15, 0.2) is 72.8 Å². The quantitative estimate of drug-likeness (QED) is 0.305. The summed E-state index contributed by atoms with van der Waals surface area (Å²) in [7, 11) is 0. The molecule has 0 radical (unpaired) electrons. The number of ether oxygens (including phenoxy) is 1. The molecule has 0 fully saturated rings. The third-order valence-corrected chi connectivity index (χ3v) is 4.79. The van der Waals surface area contributed by atoms with Crippen molar-refractivity contribution in [2.45, 2.75) is 13.8 Å². The van der Waals surface area contributed by atoms with Crippen LogP contribution in [-0.4, -0.2) is 21.0 Å². The van der Waals surface area contributed by atoms with Crippen LogP contribution in [0.2, 0.25) is 0 Å². The number of carbonyl (C=O) groups excluding carboxylic acids is 1. The van der Waals surface area contributed by atoms with Crippen LogP contribution in [0.25, 0.3) is 11.3 Å². The molecular formula is C24H20N4O4. The van der Waals surface area contributed by atoms with Crippen molar-refractivity contribution in [1.82, 2.24) is 10.2 Å². The van der Waals surface area contributed by atoms with E-state index >= 15 is 0 Å². The number of H-pyrrole nitrogens is 1. The van der Waals surface area contributed by atoms with E-state index in [2.05, 4.69) is 15.5 Å². The van der Waals surface area contributed by atoms with E-state index in [4.69, 9.17) is 4.74 Å². The zero-order valence-corrected chi connectivity index (χ0v) is 17.5. The van der Waals surface area contributed by atoms with E-state index < -0.39 is 10.8 Å². The van der Waals surface area contributed by atoms with Gasteiger partial charge in [0.1, 0.15) is 17.2 Å². The lowest BCUT2D eigenvalue weighted by Crippen LogP contribution is -2.12. The lowest BCUT2D eigenvalue weighted by atomic mass is 10.1. The van der Waals surface area contributed by atoms with Gasteiger partial charge in [-0.05, 0) is 32.0 Å². The van der Waals surface area contributed by atoms with E-state index in [0.717, 1.165) is 16.7 Å². The van der Waals surface area contributed by atoms with Crippen LogP contribution < -0.4 is 10.1 Å². The fraction of sp³-hybridized carbons (Fsp3) is 0.0833. The van der Waals surface area contributed by atoms with Crippen molar-refractivity contribution in [2.24, 2.45) is 0 Å². The van der Waals surface area contributed by atoms with Crippen LogP contribution >= 0.6 is 0 Å². The minimum Gasteiger partial charge on any atom is -0.457 e. The van der Waals surface area contributed by atoms with Crippen molar-refractivity contribution in [3.8, 4) is 22.8 Å². The number of benzene rings is 3. The number of carbonyl (C=O) groups is 1. The first-order valence-electron chi connectivity index (χ1n) is 9.85. The number of nitrogens with one attached hydrogen (secondary N) is 2. The highest BCUT2D eigenvalue weighted by Gasteiger charge is 2.16. The smallest absolute Gasteiger partial charge is 0.275 e. The lowest BCUT2D eigenvalue weighted by molar-refractivity contribution is -0.384. The molecule has 0 aliphatic rings. The van der Waals surface area contributed by atoms with Gasteiger partial charge in [0.15, 0.2) is 0 Å². The van der Waals surface area contributed by atoms with Gasteiger partial charge in [-0.2, -0.15) is 5.10 Å². The normalized spacial score (nSPS) is 10.6. The van der Waals surface area contributed by atoms with Crippen LogP contribution in [0.1, 0.15) is 21.6 Å². The summed E-state index contributed by atoms with van der Waals surface area (Å²) in [6.45, 7) is 3.94. The van der Waals surface area contributed by atoms with Crippen molar-refractivity contribution in [3.05, 3.63) is 99.7 Å². The highest BCUT2D eigenvalue weighted by Crippen LogP contribution is 2.30. The van der Waals surface area contributed by atoms with Crippen LogP contribution in [0.5, 0.6) is 11.5 Å². The van der Waals surface area contributed by atoms with Crippen LogP contribution in [-0.2, 0) is 0 Å². The van der Waals surface area contributed by atoms with Gasteiger partial charge in [0.05, 0.1) is 22.4 Å². The van der Waals surface area contributed by atoms with E-state index in [1.54, 1.807) is 18.2 Å². The van der Waals surface area contributed by atoms with Crippen molar-refractivity contribution in [2.75, 3.05) is 5.32 Å². The van der Waals surface area contributed by atoms with Gasteiger partial charge in [-0.15, -0.1) is 0 Å². The standard InChI is InChI=1S/C24H20N4O4/c1-15-3-7-17(8-4-15)22-14-23(27-26-22)24(29)25-18-11-19(28(30)31)13-21(12-18)32-20-9-5-16(2)6-10-20/h3-14H,1-2H3,(H,25,29)(H,26,27). The summed E-state index contributed by atoms with van der Waals surface area (Å²) >= 11 is 0. The van der Waals surface area contributed by atoms with E-state index in [-0.39, 0.29) is 22.8 Å². The first-order valence-corrected chi connectivity index (χ1v) is 9.85. The number of hydrogen-bond donors (Lipinski definition) is 2. The summed E-state index contributed by atoms with van der Waals surface area (Å²) in [6.07, 6.45) is 0. The van der Waals surface area contributed by atoms with Gasteiger partial charge in [0.25, 0.3) is 11.6 Å². The number of aromatic nitrogens is 2. The predicted octanol–water partition coefficient (Wildman–Crippen LogP) is 5.65. The maximum absolute atomic E-state index is 12.7. The third-order valence-electron chi connectivity index (χ3n) is 4.79. The number of rotatable bonds is 6. The van der Waals surface area contributed by atoms with Gasteiger partial charge in [-0.1, -0.05) is 47.5 Å². The number of nitrogens with zero attached hydrogens (tertiary/aromatic N) is 2. The molecule has 1 amide bonds. The Labute approximate surface area is 184 Å². The van der Waals surface area contributed by atoms with E-state index in [9.17, 15) is 14.9 Å². The van der Waals surface area contributed by atoms with Crippen molar-refractivity contribution in [1.29, 1.82) is 0 Å². The summed E-state index contributed by atoms with van der Waals surface area (Å²) in [6, 6.07) is 20.8. The molecule has 0 aliphatic carbocycles. The first kappa shape index (κ1) is 20.8. The Kier molecular flexibility index (Phi) is 5.67. The van der Waals surface area contributed by atoms with Gasteiger partial charge in [-0.25, -0.2) is 0 Å². The average Bonchev–Trinajstić information content (AvgIpc) is 3.26. The van der Waals surface area contributed by atoms with Gasteiger partial charge in [-0.3, -0.25) is 20.0 Å². The molecule has 1 heterocycles. The maximum atomic E-state index is 12.7. The number of nitro groups is 1. The molecule has 0 bridgehead atoms. The molecule has 1 aromatic heterocycles. The molecule has 3 aromatic carbocycles. The zero-order chi connectivity index (χ0) is 22.7. The number of amides is 1. The maximum Gasteiger partial charge on any atom is 0.275 e. The van der Waals surface area contributed by atoms with Gasteiger partial charge in [0.2, 0.25) is 0 Å². The van der Waals surface area contributed by atoms with Crippen molar-refractivity contribution < 1.29 is 14.5 Å². The molecule has 0 atom stereocenters. The summed E-state index contributed by atoms with van der Waals surface area (Å²) in [5.74, 6) is 0.297. The minimum absolute atomic E-state index is 0.199. The fourth-order valence-electron chi connectivity index (χ4n) is 3.07. The second-order valence-corrected chi connectivity index (χ2v) is 7.37. The minimum atomic E-state index is -0.538. The highest BCUT2D eigenvalue weighted by molar-refractivity contribution is 6.03. The number of non-ortho nitro benzene ring substituents is 1. The molecule has 8 heteroatoms. The summed E-state index contributed by atoms with van der Waals surface area (Å²) in [5.41, 5.74) is 3.94. The fourth-order valence-corrected chi connectivity index (χ4v) is 3.07. The number of hydrogen-bond acceptors (Lipinski definition) is 5. The van der Waals surface area contributed by atoms with E-state index in [1.165, 1.54) is 18.2 Å². The molecule has 0 saturated carbocycles. The van der Waals surface area contributed by atoms with Gasteiger partial charge in [0, 0.05) is 17.7 Å². The Balaban J connectivity index is 1.55. The molecule has 0 aliphatic heterocycles. The molecule has 0 spiro atoms. The average molecular weight is 428 g/mol. The molecule has 2 N–H and O–H groups in total. The zero-order valence-electron chi connectivity index (χ0n) is 17.5. The second-order valence-electron chi connectivity index (χ2n) is 7.37. The first-order chi connectivity index (χ1) is 15.4. The molecule has 4 rings (SSSR count). The largest absolute Gasteiger partial charge is 0.457 e. The number of aryl methyl sites for hydroxylation is 2. The molecular weight excluding hydrogens is 408 g/mol. The second kappa shape index (κ2) is 8.73. The van der Waals surface area contributed by atoms with Crippen LogP contribution in [0.4, 0.5) is 11.4 Å². The van der Waals surface area contributed by atoms with E-state index in [0.29, 0.717) is 11.4 Å². The Morgan fingerprint density at radius 2 is 1.59 bits per heavy atom. The Bertz CT molecular complexity index is 1280. The monoisotopic (exact) mass is 428 g/mol. The number of anilines is 1. The topological polar surface area (TPSA) is 110 Å². The summed E-state index contributed by atoms with van der Waals surface area (Å²) < 4.78 is 5.75. The number of aromatic amines is 1. The Hall–Kier alpha value is -4.46. The summed E-state index contributed by atoms with van der Waals surface area (Å²) in [4.78, 5) is 23.5. The van der Waals surface area contributed by atoms with Crippen LogP contribution in [0.3, 0.4) is 0 Å². The molecule has 160 valence electrons. The Morgan fingerprint density at radius 1 is 0.938 bits per heavy atom. The highest BCUT2D eigenvalue weighted by atomic mass is 16.6. The molecule has 8 nitrogen and oxygen atoms in total. The Morgan fingerprint density at radius 3 is 2.25 bits per heavy atom. The third kappa shape index (κ3) is 4.81. The van der Waals surface area contributed by atoms with Gasteiger partial charge < -0.3 is 10.1 Å². The number of nitro benzene ring substituents is 1. The molecule has 32 heavy (non-hydrogen) atoms. The molecule has 4 aromatic rings. The SMILES string of the molecule is Cc1ccc(Oc2cc(NC(=O)c3cc(-c4ccc(C)cc4)n[nH]3)cc([N+](=O)[O-])c2)cc1.